The number of hydrogen-bond donors (Lipinski definition) is 2. The maximum atomic E-state index is 10.8. The number of halogens is 1. The lowest BCUT2D eigenvalue weighted by atomic mass is 10.2. The first-order chi connectivity index (χ1) is 6.07. The number of carbonyl (C=O) groups is 1. The van der Waals surface area contributed by atoms with Gasteiger partial charge in [-0.1, -0.05) is 0 Å². The quantitative estimate of drug-likeness (QED) is 0.805. The van der Waals surface area contributed by atoms with Gasteiger partial charge in [0.15, 0.2) is 0 Å². The van der Waals surface area contributed by atoms with Crippen molar-refractivity contribution in [2.24, 2.45) is 0 Å². The number of thioether (sulfide) groups is 1. The number of rotatable bonds is 2. The summed E-state index contributed by atoms with van der Waals surface area (Å²) in [4.78, 5) is 11.3. The maximum absolute atomic E-state index is 10.8. The van der Waals surface area contributed by atoms with Gasteiger partial charge in [-0.05, 0) is 34.3 Å². The molecule has 0 aromatic heterocycles. The molecule has 0 heterocycles. The third kappa shape index (κ3) is 1.97. The molecule has 1 aromatic rings. The summed E-state index contributed by atoms with van der Waals surface area (Å²) in [5.74, 6) is -1.34. The Morgan fingerprint density at radius 3 is 2.62 bits per heavy atom. The van der Waals surface area contributed by atoms with Crippen molar-refractivity contribution in [2.45, 2.75) is 4.90 Å². The predicted octanol–water partition coefficient (Wildman–Crippen LogP) is 2.57. The Hall–Kier alpha value is -0.680. The Kier molecular flexibility index (Phi) is 3.22. The van der Waals surface area contributed by atoms with E-state index in [0.29, 0.717) is 9.37 Å². The number of aromatic hydroxyl groups is 1. The fourth-order valence-electron chi connectivity index (χ4n) is 0.924. The average molecular weight is 263 g/mol. The summed E-state index contributed by atoms with van der Waals surface area (Å²) in [6.07, 6.45) is 1.76. The van der Waals surface area contributed by atoms with Crippen molar-refractivity contribution in [1.29, 1.82) is 0 Å². The molecule has 1 aromatic carbocycles. The van der Waals surface area contributed by atoms with Gasteiger partial charge in [-0.15, -0.1) is 11.8 Å². The Labute approximate surface area is 87.9 Å². The first-order valence-electron chi connectivity index (χ1n) is 3.36. The lowest BCUT2D eigenvalue weighted by Crippen LogP contribution is -1.99. The van der Waals surface area contributed by atoms with Gasteiger partial charge in [0.2, 0.25) is 0 Å². The molecular formula is C8H7BrO3S. The largest absolute Gasteiger partial charge is 0.506 e. The third-order valence-electron chi connectivity index (χ3n) is 1.52. The van der Waals surface area contributed by atoms with Gasteiger partial charge >= 0.3 is 5.97 Å². The smallest absolute Gasteiger partial charge is 0.340 e. The van der Waals surface area contributed by atoms with Gasteiger partial charge < -0.3 is 10.2 Å². The monoisotopic (exact) mass is 262 g/mol. The van der Waals surface area contributed by atoms with E-state index in [1.165, 1.54) is 11.8 Å². The minimum atomic E-state index is -1.12. The molecule has 0 amide bonds. The molecule has 1 rings (SSSR count). The van der Waals surface area contributed by atoms with Crippen LogP contribution in [0, 0.1) is 0 Å². The molecule has 0 spiro atoms. The summed E-state index contributed by atoms with van der Waals surface area (Å²) in [5, 5.41) is 18.2. The highest BCUT2D eigenvalue weighted by atomic mass is 79.9. The molecular weight excluding hydrogens is 256 g/mol. The Balaban J connectivity index is 3.41. The molecule has 0 saturated heterocycles. The summed E-state index contributed by atoms with van der Waals surface area (Å²) >= 11 is 4.34. The van der Waals surface area contributed by atoms with E-state index in [1.54, 1.807) is 18.4 Å². The molecule has 0 saturated carbocycles. The predicted molar refractivity (Wildman–Crippen MR) is 54.5 cm³/mol. The van der Waals surface area contributed by atoms with Crippen molar-refractivity contribution in [1.82, 2.24) is 0 Å². The Morgan fingerprint density at radius 2 is 2.15 bits per heavy atom. The van der Waals surface area contributed by atoms with Crippen LogP contribution in [0.25, 0.3) is 0 Å². The fraction of sp³-hybridized carbons (Fsp3) is 0.125. The second-order valence-electron chi connectivity index (χ2n) is 2.28. The molecule has 0 aliphatic heterocycles. The van der Waals surface area contributed by atoms with Crippen LogP contribution in [0.1, 0.15) is 10.4 Å². The number of carboxylic acid groups (broad SMARTS) is 1. The summed E-state index contributed by atoms with van der Waals surface area (Å²) in [7, 11) is 0. The highest BCUT2D eigenvalue weighted by Crippen LogP contribution is 2.34. The van der Waals surface area contributed by atoms with Gasteiger partial charge in [0, 0.05) is 4.90 Å². The van der Waals surface area contributed by atoms with E-state index < -0.39 is 5.97 Å². The summed E-state index contributed by atoms with van der Waals surface area (Å²) in [5.41, 5.74) is -0.0538. The van der Waals surface area contributed by atoms with E-state index in [4.69, 9.17) is 5.11 Å². The molecule has 0 unspecified atom stereocenters. The van der Waals surface area contributed by atoms with Crippen LogP contribution >= 0.6 is 27.7 Å². The van der Waals surface area contributed by atoms with Crippen LogP contribution in [0.5, 0.6) is 5.75 Å². The van der Waals surface area contributed by atoms with Crippen molar-refractivity contribution in [2.75, 3.05) is 6.26 Å². The topological polar surface area (TPSA) is 57.5 Å². The maximum Gasteiger partial charge on any atom is 0.340 e. The normalized spacial score (nSPS) is 10.0. The van der Waals surface area contributed by atoms with Crippen LogP contribution in [0.2, 0.25) is 0 Å². The van der Waals surface area contributed by atoms with E-state index >= 15 is 0 Å². The van der Waals surface area contributed by atoms with E-state index in [9.17, 15) is 9.90 Å². The standard InChI is InChI=1S/C8H7BrO3S/c1-13-5-3-2-4(9)7(10)6(5)8(11)12/h2-3,10H,1H3,(H,11,12). The van der Waals surface area contributed by atoms with Gasteiger partial charge in [-0.25, -0.2) is 4.79 Å². The molecule has 3 nitrogen and oxygen atoms in total. The lowest BCUT2D eigenvalue weighted by Gasteiger charge is -2.06. The van der Waals surface area contributed by atoms with Gasteiger partial charge in [0.25, 0.3) is 0 Å². The Morgan fingerprint density at radius 1 is 1.54 bits per heavy atom. The summed E-state index contributed by atoms with van der Waals surface area (Å²) in [6.45, 7) is 0. The number of hydrogen-bond acceptors (Lipinski definition) is 3. The number of benzene rings is 1. The number of aromatic carboxylic acids is 1. The molecule has 70 valence electrons. The average Bonchev–Trinajstić information content (AvgIpc) is 2.08. The highest BCUT2D eigenvalue weighted by molar-refractivity contribution is 9.10. The van der Waals surface area contributed by atoms with Gasteiger partial charge in [-0.2, -0.15) is 0 Å². The first kappa shape index (κ1) is 10.4. The second-order valence-corrected chi connectivity index (χ2v) is 3.98. The van der Waals surface area contributed by atoms with Gasteiger partial charge in [0.1, 0.15) is 11.3 Å². The van der Waals surface area contributed by atoms with Crippen molar-refractivity contribution in [3.8, 4) is 5.75 Å². The molecule has 13 heavy (non-hydrogen) atoms. The molecule has 0 fully saturated rings. The first-order valence-corrected chi connectivity index (χ1v) is 5.38. The number of phenols is 1. The van der Waals surface area contributed by atoms with Crippen molar-refractivity contribution in [3.63, 3.8) is 0 Å². The summed E-state index contributed by atoms with van der Waals surface area (Å²) < 4.78 is 0.391. The van der Waals surface area contributed by atoms with Crippen LogP contribution in [0.4, 0.5) is 0 Å². The van der Waals surface area contributed by atoms with Crippen LogP contribution in [0.3, 0.4) is 0 Å². The SMILES string of the molecule is CSc1ccc(Br)c(O)c1C(=O)O. The molecule has 0 bridgehead atoms. The molecule has 0 atom stereocenters. The minimum Gasteiger partial charge on any atom is -0.506 e. The molecule has 5 heteroatoms. The van der Waals surface area contributed by atoms with E-state index in [-0.39, 0.29) is 11.3 Å². The highest BCUT2D eigenvalue weighted by Gasteiger charge is 2.16. The second kappa shape index (κ2) is 4.02. The van der Waals surface area contributed by atoms with E-state index in [2.05, 4.69) is 15.9 Å². The van der Waals surface area contributed by atoms with Crippen molar-refractivity contribution in [3.05, 3.63) is 22.2 Å². The zero-order valence-electron chi connectivity index (χ0n) is 6.74. The van der Waals surface area contributed by atoms with E-state index in [1.807, 2.05) is 0 Å². The van der Waals surface area contributed by atoms with Gasteiger partial charge in [-0.3, -0.25) is 0 Å². The van der Waals surface area contributed by atoms with Crippen LogP contribution in [-0.4, -0.2) is 22.4 Å². The zero-order valence-corrected chi connectivity index (χ0v) is 9.15. The third-order valence-corrected chi connectivity index (χ3v) is 2.94. The molecule has 2 N–H and O–H groups in total. The minimum absolute atomic E-state index is 0.0538. The molecule has 0 radical (unpaired) electrons. The molecule has 0 aliphatic rings. The van der Waals surface area contributed by atoms with Crippen LogP contribution < -0.4 is 0 Å². The van der Waals surface area contributed by atoms with Crippen LogP contribution in [0.15, 0.2) is 21.5 Å². The van der Waals surface area contributed by atoms with Gasteiger partial charge in [0.05, 0.1) is 4.47 Å². The lowest BCUT2D eigenvalue weighted by molar-refractivity contribution is 0.0689. The van der Waals surface area contributed by atoms with E-state index in [0.717, 1.165) is 0 Å². The Bertz CT molecular complexity index is 351. The van der Waals surface area contributed by atoms with Crippen LogP contribution in [-0.2, 0) is 0 Å². The van der Waals surface area contributed by atoms with Crippen molar-refractivity contribution < 1.29 is 15.0 Å². The fourth-order valence-corrected chi connectivity index (χ4v) is 1.85. The molecule has 0 aliphatic carbocycles. The number of carboxylic acids is 1. The van der Waals surface area contributed by atoms with Crippen molar-refractivity contribution >= 4 is 33.7 Å². The summed E-state index contributed by atoms with van der Waals surface area (Å²) in [6, 6.07) is 3.27. The zero-order chi connectivity index (χ0) is 10.0.